The number of benzene rings is 1. The summed E-state index contributed by atoms with van der Waals surface area (Å²) in [4.78, 5) is 0.479. The molecule has 1 saturated heterocycles. The van der Waals surface area contributed by atoms with E-state index in [0.717, 1.165) is 72.6 Å². The Bertz CT molecular complexity index is 984. The lowest BCUT2D eigenvalue weighted by atomic mass is 10.0. The molecule has 1 aromatic carbocycles. The van der Waals surface area contributed by atoms with E-state index in [1.807, 2.05) is 27.7 Å². The zero-order chi connectivity index (χ0) is 20.1. The van der Waals surface area contributed by atoms with E-state index < -0.39 is 10.0 Å². The summed E-state index contributed by atoms with van der Waals surface area (Å²) in [6.07, 6.45) is 6.02. The van der Waals surface area contributed by atoms with Crippen molar-refractivity contribution in [2.45, 2.75) is 83.7 Å². The van der Waals surface area contributed by atoms with Crippen LogP contribution in [-0.4, -0.2) is 34.0 Å². The van der Waals surface area contributed by atoms with E-state index >= 15 is 0 Å². The third kappa shape index (κ3) is 3.08. The molecule has 0 spiro atoms. The van der Waals surface area contributed by atoms with Gasteiger partial charge in [-0.1, -0.05) is 12.5 Å². The first-order chi connectivity index (χ1) is 13.3. The summed E-state index contributed by atoms with van der Waals surface area (Å²) >= 11 is 0. The molecule has 4 rings (SSSR count). The highest BCUT2D eigenvalue weighted by molar-refractivity contribution is 7.89. The van der Waals surface area contributed by atoms with Crippen molar-refractivity contribution in [3.05, 3.63) is 40.0 Å². The van der Waals surface area contributed by atoms with Gasteiger partial charge in [0.15, 0.2) is 5.82 Å². The Balaban J connectivity index is 1.79. The molecule has 0 bridgehead atoms. The van der Waals surface area contributed by atoms with Gasteiger partial charge in [0.25, 0.3) is 0 Å². The summed E-state index contributed by atoms with van der Waals surface area (Å²) < 4.78 is 31.5. The molecule has 2 aliphatic heterocycles. The summed E-state index contributed by atoms with van der Waals surface area (Å²) in [5.41, 5.74) is 3.75. The predicted octanol–water partition coefficient (Wildman–Crippen LogP) is 3.76. The molecule has 2 aliphatic rings. The normalized spacial score (nSPS) is 20.9. The minimum absolute atomic E-state index is 0.219. The Morgan fingerprint density at radius 3 is 2.36 bits per heavy atom. The van der Waals surface area contributed by atoms with Crippen LogP contribution in [0.15, 0.2) is 11.0 Å². The van der Waals surface area contributed by atoms with Crippen LogP contribution < -0.4 is 0 Å². The molecule has 0 saturated carbocycles. The van der Waals surface area contributed by atoms with Crippen molar-refractivity contribution in [3.63, 3.8) is 0 Å². The zero-order valence-electron chi connectivity index (χ0n) is 17.3. The first kappa shape index (κ1) is 19.6. The molecule has 28 heavy (non-hydrogen) atoms. The van der Waals surface area contributed by atoms with Crippen LogP contribution in [0.1, 0.15) is 72.0 Å². The first-order valence-electron chi connectivity index (χ1n) is 10.3. The van der Waals surface area contributed by atoms with E-state index in [1.165, 1.54) is 6.42 Å². The molecule has 0 amide bonds. The van der Waals surface area contributed by atoms with Crippen molar-refractivity contribution in [3.8, 4) is 0 Å². The lowest BCUT2D eigenvalue weighted by molar-refractivity contribution is 0.370. The third-order valence-electron chi connectivity index (χ3n) is 6.50. The fraction of sp³-hybridized carbons (Fsp3) is 0.619. The largest absolute Gasteiger partial charge is 0.314 e. The van der Waals surface area contributed by atoms with E-state index in [0.29, 0.717) is 11.4 Å². The first-order valence-corrected chi connectivity index (χ1v) is 11.8. The zero-order valence-corrected chi connectivity index (χ0v) is 18.1. The van der Waals surface area contributed by atoms with Crippen LogP contribution in [0.25, 0.3) is 0 Å². The summed E-state index contributed by atoms with van der Waals surface area (Å²) in [6.45, 7) is 9.25. The molecule has 0 aliphatic carbocycles. The van der Waals surface area contributed by atoms with Gasteiger partial charge in [0.05, 0.1) is 10.9 Å². The van der Waals surface area contributed by atoms with Gasteiger partial charge in [0.1, 0.15) is 5.82 Å². The summed E-state index contributed by atoms with van der Waals surface area (Å²) in [5, 5.41) is 8.87. The van der Waals surface area contributed by atoms with Gasteiger partial charge < -0.3 is 4.57 Å². The maximum atomic E-state index is 13.8. The fourth-order valence-corrected chi connectivity index (χ4v) is 6.96. The topological polar surface area (TPSA) is 68.1 Å². The molecule has 7 heteroatoms. The molecule has 0 radical (unpaired) electrons. The molecule has 1 fully saturated rings. The lowest BCUT2D eigenvalue weighted by Crippen LogP contribution is -2.33. The molecular weight excluding hydrogens is 372 g/mol. The van der Waals surface area contributed by atoms with Crippen LogP contribution in [0.4, 0.5) is 0 Å². The molecule has 1 unspecified atom stereocenters. The van der Waals surface area contributed by atoms with E-state index in [1.54, 1.807) is 4.31 Å². The molecule has 2 aromatic rings. The maximum absolute atomic E-state index is 13.8. The van der Waals surface area contributed by atoms with Gasteiger partial charge in [-0.05, 0) is 75.6 Å². The summed E-state index contributed by atoms with van der Waals surface area (Å²) in [6, 6.07) is 1.85. The molecule has 6 nitrogen and oxygen atoms in total. The number of sulfonamides is 1. The number of hydrogen-bond donors (Lipinski definition) is 0. The number of nitrogens with zero attached hydrogens (tertiary/aromatic N) is 4. The van der Waals surface area contributed by atoms with Crippen LogP contribution in [0, 0.1) is 27.7 Å². The molecular formula is C21H30N4O2S. The van der Waals surface area contributed by atoms with Crippen LogP contribution in [0.2, 0.25) is 0 Å². The third-order valence-corrected chi connectivity index (χ3v) is 8.69. The number of rotatable bonds is 3. The van der Waals surface area contributed by atoms with Crippen molar-refractivity contribution in [1.29, 1.82) is 0 Å². The van der Waals surface area contributed by atoms with Crippen LogP contribution in [0.3, 0.4) is 0 Å². The highest BCUT2D eigenvalue weighted by Crippen LogP contribution is 2.39. The number of hydrogen-bond acceptors (Lipinski definition) is 4. The molecule has 1 aromatic heterocycles. The van der Waals surface area contributed by atoms with Crippen molar-refractivity contribution in [2.75, 3.05) is 6.54 Å². The average Bonchev–Trinajstić information content (AvgIpc) is 3.21. The Kier molecular flexibility index (Phi) is 5.08. The SMILES string of the molecule is Cc1cc(C)c(C)c(S(=O)(=O)N2CCCC2c2nnc3n2CCCCC3)c1C. The van der Waals surface area contributed by atoms with Crippen molar-refractivity contribution in [1.82, 2.24) is 19.1 Å². The van der Waals surface area contributed by atoms with E-state index in [2.05, 4.69) is 20.8 Å². The smallest absolute Gasteiger partial charge is 0.244 e. The minimum atomic E-state index is -3.60. The van der Waals surface area contributed by atoms with E-state index in [4.69, 9.17) is 0 Å². The van der Waals surface area contributed by atoms with Gasteiger partial charge in [-0.15, -0.1) is 10.2 Å². The van der Waals surface area contributed by atoms with Crippen molar-refractivity contribution >= 4 is 10.0 Å². The van der Waals surface area contributed by atoms with E-state index in [-0.39, 0.29) is 6.04 Å². The lowest BCUT2D eigenvalue weighted by Gasteiger charge is -2.26. The number of fused-ring (bicyclic) bond motifs is 1. The van der Waals surface area contributed by atoms with Crippen molar-refractivity contribution in [2.24, 2.45) is 0 Å². The Morgan fingerprint density at radius 2 is 1.64 bits per heavy atom. The second-order valence-corrected chi connectivity index (χ2v) is 10.1. The van der Waals surface area contributed by atoms with E-state index in [9.17, 15) is 8.42 Å². The summed E-state index contributed by atoms with van der Waals surface area (Å²) in [7, 11) is -3.60. The summed E-state index contributed by atoms with van der Waals surface area (Å²) in [5.74, 6) is 1.84. The Labute approximate surface area is 168 Å². The van der Waals surface area contributed by atoms with Gasteiger partial charge in [-0.2, -0.15) is 4.31 Å². The van der Waals surface area contributed by atoms with Gasteiger partial charge in [0.2, 0.25) is 10.0 Å². The van der Waals surface area contributed by atoms with Crippen LogP contribution >= 0.6 is 0 Å². The van der Waals surface area contributed by atoms with Gasteiger partial charge in [-0.3, -0.25) is 0 Å². The second-order valence-electron chi connectivity index (χ2n) is 8.30. The fourth-order valence-electron chi connectivity index (χ4n) is 4.72. The molecule has 1 atom stereocenters. The Hall–Kier alpha value is -1.73. The highest BCUT2D eigenvalue weighted by atomic mass is 32.2. The number of aryl methyl sites for hydroxylation is 3. The minimum Gasteiger partial charge on any atom is -0.314 e. The van der Waals surface area contributed by atoms with Crippen molar-refractivity contribution < 1.29 is 8.42 Å². The highest BCUT2D eigenvalue weighted by Gasteiger charge is 2.40. The maximum Gasteiger partial charge on any atom is 0.244 e. The predicted molar refractivity (Wildman–Crippen MR) is 109 cm³/mol. The Morgan fingerprint density at radius 1 is 0.929 bits per heavy atom. The van der Waals surface area contributed by atoms with Gasteiger partial charge in [0, 0.05) is 19.5 Å². The monoisotopic (exact) mass is 402 g/mol. The average molecular weight is 403 g/mol. The number of aromatic nitrogens is 3. The quantitative estimate of drug-likeness (QED) is 0.784. The standard InChI is InChI=1S/C21H30N4O2S/c1-14-13-15(2)17(4)20(16(14)3)28(26,27)25-12-8-9-18(25)21-23-22-19-10-6-5-7-11-24(19)21/h13,18H,5-12H2,1-4H3. The van der Waals surface area contributed by atoms with Crippen LogP contribution in [-0.2, 0) is 23.0 Å². The van der Waals surface area contributed by atoms with Gasteiger partial charge >= 0.3 is 0 Å². The van der Waals surface area contributed by atoms with Gasteiger partial charge in [-0.25, -0.2) is 8.42 Å². The molecule has 3 heterocycles. The second kappa shape index (κ2) is 7.26. The van der Waals surface area contributed by atoms with Crippen LogP contribution in [0.5, 0.6) is 0 Å². The molecule has 152 valence electrons. The molecule has 0 N–H and O–H groups in total.